The number of sulfonamides is 1. The second-order valence-electron chi connectivity index (χ2n) is 9.18. The third-order valence-corrected chi connectivity index (χ3v) is 8.86. The number of aryl methyl sites for hydroxylation is 1. The fourth-order valence-electron chi connectivity index (χ4n) is 4.82. The van der Waals surface area contributed by atoms with Crippen LogP contribution < -0.4 is 9.62 Å². The van der Waals surface area contributed by atoms with Gasteiger partial charge in [-0.2, -0.15) is 0 Å². The molecule has 0 saturated carbocycles. The number of carbonyl (C=O) groups excluding carboxylic acids is 2. The highest BCUT2D eigenvalue weighted by Gasteiger charge is 2.38. The number of carbonyl (C=O) groups is 2. The Morgan fingerprint density at radius 2 is 1.35 bits per heavy atom. The van der Waals surface area contributed by atoms with E-state index in [2.05, 4.69) is 51.5 Å². The summed E-state index contributed by atoms with van der Waals surface area (Å²) in [6.07, 6.45) is 0. The molecule has 0 aromatic heterocycles. The molecule has 1 N–H and O–H groups in total. The molecule has 1 aliphatic carbocycles. The van der Waals surface area contributed by atoms with Crippen LogP contribution in [0.5, 0.6) is 0 Å². The van der Waals surface area contributed by atoms with Gasteiger partial charge in [-0.3, -0.25) is 14.3 Å². The van der Waals surface area contributed by atoms with Crippen molar-refractivity contribution in [3.8, 4) is 0 Å². The van der Waals surface area contributed by atoms with Crippen LogP contribution >= 0.6 is 15.9 Å². The van der Waals surface area contributed by atoms with Gasteiger partial charge in [0.25, 0.3) is 10.0 Å². The average Bonchev–Trinajstić information content (AvgIpc) is 2.89. The number of anilines is 1. The minimum absolute atomic E-state index is 0.00130. The molecule has 1 fully saturated rings. The number of halogens is 1. The molecule has 0 atom stereocenters. The lowest BCUT2D eigenvalue weighted by atomic mass is 9.89. The van der Waals surface area contributed by atoms with E-state index in [1.165, 1.54) is 23.3 Å². The van der Waals surface area contributed by atoms with E-state index in [4.69, 9.17) is 0 Å². The lowest BCUT2D eigenvalue weighted by Gasteiger charge is -2.40. The Morgan fingerprint density at radius 1 is 0.757 bits per heavy atom. The standard InChI is InChI=1S/C28H26BrN3O4S/c1-18-6-5-9-24(19(18)2)31-14-16-32(17-15-31)26-25(27(33)22-7-3-4-8-23(22)28(26)34)30-37(35,36)21-12-10-20(29)11-13-21/h3-13,30H,14-17H2,1-2H3. The first-order valence-electron chi connectivity index (χ1n) is 11.9. The molecule has 7 nitrogen and oxygen atoms in total. The molecule has 1 saturated heterocycles. The van der Waals surface area contributed by atoms with Gasteiger partial charge in [0.1, 0.15) is 11.4 Å². The molecule has 0 spiro atoms. The number of piperazine rings is 1. The molecular weight excluding hydrogens is 554 g/mol. The van der Waals surface area contributed by atoms with E-state index >= 15 is 0 Å². The number of hydrogen-bond acceptors (Lipinski definition) is 6. The van der Waals surface area contributed by atoms with Gasteiger partial charge in [-0.25, -0.2) is 8.42 Å². The van der Waals surface area contributed by atoms with Crippen molar-refractivity contribution >= 4 is 43.2 Å². The van der Waals surface area contributed by atoms with Crippen LogP contribution in [0.15, 0.2) is 87.5 Å². The lowest BCUT2D eigenvalue weighted by molar-refractivity contribution is 0.0935. The van der Waals surface area contributed by atoms with Gasteiger partial charge < -0.3 is 9.80 Å². The SMILES string of the molecule is Cc1cccc(N2CCN(C3=C(NS(=O)(=O)c4ccc(Br)cc4)C(=O)c4ccccc4C3=O)CC2)c1C. The normalized spacial score (nSPS) is 16.2. The summed E-state index contributed by atoms with van der Waals surface area (Å²) < 4.78 is 29.7. The largest absolute Gasteiger partial charge is 0.368 e. The van der Waals surface area contributed by atoms with Gasteiger partial charge in [0.15, 0.2) is 0 Å². The van der Waals surface area contributed by atoms with Gasteiger partial charge in [-0.05, 0) is 55.3 Å². The topological polar surface area (TPSA) is 86.8 Å². The smallest absolute Gasteiger partial charge is 0.262 e. The third kappa shape index (κ3) is 4.69. The van der Waals surface area contributed by atoms with Crippen LogP contribution in [0.25, 0.3) is 0 Å². The van der Waals surface area contributed by atoms with Gasteiger partial charge in [-0.15, -0.1) is 0 Å². The first-order valence-corrected chi connectivity index (χ1v) is 14.2. The predicted molar refractivity (Wildman–Crippen MR) is 146 cm³/mol. The van der Waals surface area contributed by atoms with Crippen LogP contribution in [0.4, 0.5) is 5.69 Å². The molecule has 1 aliphatic heterocycles. The van der Waals surface area contributed by atoms with E-state index in [-0.39, 0.29) is 33.2 Å². The van der Waals surface area contributed by atoms with Gasteiger partial charge in [0.2, 0.25) is 11.6 Å². The van der Waals surface area contributed by atoms with E-state index in [1.54, 1.807) is 36.4 Å². The number of allylic oxidation sites excluding steroid dienone is 2. The Morgan fingerprint density at radius 3 is 2.00 bits per heavy atom. The summed E-state index contributed by atoms with van der Waals surface area (Å²) in [7, 11) is -4.11. The van der Waals surface area contributed by atoms with E-state index in [0.29, 0.717) is 26.2 Å². The first kappa shape index (κ1) is 25.2. The summed E-state index contributed by atoms with van der Waals surface area (Å²) in [5, 5.41) is 0. The molecule has 0 unspecified atom stereocenters. The van der Waals surface area contributed by atoms with Crippen LogP contribution in [0, 0.1) is 13.8 Å². The fourth-order valence-corrected chi connectivity index (χ4v) is 6.15. The van der Waals surface area contributed by atoms with Crippen molar-refractivity contribution in [1.82, 2.24) is 9.62 Å². The van der Waals surface area contributed by atoms with Crippen molar-refractivity contribution in [1.29, 1.82) is 0 Å². The number of nitrogens with zero attached hydrogens (tertiary/aromatic N) is 2. The number of Topliss-reactive ketones (excluding diaryl/α,β-unsaturated/α-hetero) is 2. The molecule has 5 rings (SSSR count). The Labute approximate surface area is 225 Å². The molecule has 2 aliphatic rings. The number of benzene rings is 3. The molecular formula is C28H26BrN3O4S. The lowest BCUT2D eigenvalue weighted by Crippen LogP contribution is -2.49. The summed E-state index contributed by atoms with van der Waals surface area (Å²) in [6, 6.07) is 18.8. The monoisotopic (exact) mass is 579 g/mol. The molecule has 3 aromatic carbocycles. The van der Waals surface area contributed by atoms with E-state index in [0.717, 1.165) is 10.2 Å². The number of nitrogens with one attached hydrogen (secondary N) is 1. The van der Waals surface area contributed by atoms with Crippen LogP contribution in [0.1, 0.15) is 31.8 Å². The molecule has 3 aromatic rings. The van der Waals surface area contributed by atoms with E-state index < -0.39 is 15.8 Å². The highest BCUT2D eigenvalue weighted by molar-refractivity contribution is 9.10. The van der Waals surface area contributed by atoms with Crippen LogP contribution in [0.3, 0.4) is 0 Å². The highest BCUT2D eigenvalue weighted by Crippen LogP contribution is 2.31. The number of ketones is 2. The van der Waals surface area contributed by atoms with Crippen LogP contribution in [-0.2, 0) is 10.0 Å². The molecule has 37 heavy (non-hydrogen) atoms. The van der Waals surface area contributed by atoms with Crippen molar-refractivity contribution in [2.24, 2.45) is 0 Å². The zero-order chi connectivity index (χ0) is 26.3. The van der Waals surface area contributed by atoms with Gasteiger partial charge in [0, 0.05) is 47.5 Å². The van der Waals surface area contributed by atoms with Gasteiger partial charge in [0.05, 0.1) is 4.90 Å². The Bertz CT molecular complexity index is 1540. The summed E-state index contributed by atoms with van der Waals surface area (Å²) in [5.41, 5.74) is 3.93. The molecule has 190 valence electrons. The van der Waals surface area contributed by atoms with E-state index in [9.17, 15) is 18.0 Å². The summed E-state index contributed by atoms with van der Waals surface area (Å²) in [6.45, 7) is 6.36. The zero-order valence-corrected chi connectivity index (χ0v) is 22.9. The predicted octanol–water partition coefficient (Wildman–Crippen LogP) is 4.46. The van der Waals surface area contributed by atoms with Crippen molar-refractivity contribution < 1.29 is 18.0 Å². The quantitative estimate of drug-likeness (QED) is 0.480. The number of hydrogen-bond donors (Lipinski definition) is 1. The van der Waals surface area contributed by atoms with Gasteiger partial charge in [-0.1, -0.05) is 52.3 Å². The van der Waals surface area contributed by atoms with E-state index in [1.807, 2.05) is 11.0 Å². The van der Waals surface area contributed by atoms with Crippen molar-refractivity contribution in [3.05, 3.63) is 105 Å². The second kappa shape index (κ2) is 9.79. The Kier molecular flexibility index (Phi) is 6.68. The Hall–Kier alpha value is -3.43. The maximum atomic E-state index is 13.7. The van der Waals surface area contributed by atoms with Crippen molar-refractivity contribution in [3.63, 3.8) is 0 Å². The molecule has 0 amide bonds. The Balaban J connectivity index is 1.51. The number of fused-ring (bicyclic) bond motifs is 1. The maximum Gasteiger partial charge on any atom is 0.262 e. The molecule has 1 heterocycles. The third-order valence-electron chi connectivity index (χ3n) is 6.97. The second-order valence-corrected chi connectivity index (χ2v) is 11.8. The van der Waals surface area contributed by atoms with Crippen LogP contribution in [0.2, 0.25) is 0 Å². The molecule has 9 heteroatoms. The van der Waals surface area contributed by atoms with Crippen LogP contribution in [-0.4, -0.2) is 51.1 Å². The minimum atomic E-state index is -4.11. The van der Waals surface area contributed by atoms with Crippen molar-refractivity contribution in [2.75, 3.05) is 31.1 Å². The average molecular weight is 581 g/mol. The maximum absolute atomic E-state index is 13.7. The van der Waals surface area contributed by atoms with Gasteiger partial charge >= 0.3 is 0 Å². The summed E-state index contributed by atoms with van der Waals surface area (Å²) in [5.74, 6) is -0.869. The first-order chi connectivity index (χ1) is 17.7. The zero-order valence-electron chi connectivity index (χ0n) is 20.5. The summed E-state index contributed by atoms with van der Waals surface area (Å²) >= 11 is 3.30. The van der Waals surface area contributed by atoms with Crippen molar-refractivity contribution in [2.45, 2.75) is 18.7 Å². The minimum Gasteiger partial charge on any atom is -0.368 e. The molecule has 0 radical (unpaired) electrons. The molecule has 0 bridgehead atoms. The number of rotatable bonds is 5. The highest BCUT2D eigenvalue weighted by atomic mass is 79.9. The fraction of sp³-hybridized carbons (Fsp3) is 0.214. The summed E-state index contributed by atoms with van der Waals surface area (Å²) in [4.78, 5) is 31.3.